The molecule has 1 atom stereocenters. The van der Waals surface area contributed by atoms with E-state index in [1.165, 1.54) is 5.56 Å². The zero-order valence-electron chi connectivity index (χ0n) is 19.3. The standard InChI is InChI=1S/C24H40N4O2/c1-5-26(6-2)22(18-20-12-10-9-11-13-20)19-25-23(29)21-14-16-28(17-15-21)24(30)27(7-3)8-4/h9-13,21-22H,5-8,14-19H2,1-4H3,(H,25,29). The number of benzene rings is 1. The molecule has 1 fully saturated rings. The van der Waals surface area contributed by atoms with Gasteiger partial charge in [0, 0.05) is 44.7 Å². The Hall–Kier alpha value is -2.08. The van der Waals surface area contributed by atoms with Crippen LogP contribution in [0.3, 0.4) is 0 Å². The maximum absolute atomic E-state index is 12.8. The van der Waals surface area contributed by atoms with Gasteiger partial charge in [-0.3, -0.25) is 9.69 Å². The van der Waals surface area contributed by atoms with Crippen LogP contribution in [-0.4, -0.2) is 78.5 Å². The van der Waals surface area contributed by atoms with Gasteiger partial charge in [-0.2, -0.15) is 0 Å². The molecule has 1 unspecified atom stereocenters. The summed E-state index contributed by atoms with van der Waals surface area (Å²) in [6.45, 7) is 13.7. The van der Waals surface area contributed by atoms with Crippen molar-refractivity contribution in [2.75, 3.05) is 45.8 Å². The van der Waals surface area contributed by atoms with E-state index in [2.05, 4.69) is 48.3 Å². The highest BCUT2D eigenvalue weighted by molar-refractivity contribution is 5.79. The normalized spacial score (nSPS) is 15.8. The lowest BCUT2D eigenvalue weighted by atomic mass is 9.95. The molecular formula is C24H40N4O2. The van der Waals surface area contributed by atoms with E-state index in [4.69, 9.17) is 0 Å². The SMILES string of the molecule is CCN(CC)C(=O)N1CCC(C(=O)NCC(Cc2ccccc2)N(CC)CC)CC1. The Morgan fingerprint density at radius 1 is 1.00 bits per heavy atom. The van der Waals surface area contributed by atoms with E-state index in [-0.39, 0.29) is 23.9 Å². The third kappa shape index (κ3) is 6.73. The predicted molar refractivity (Wildman–Crippen MR) is 122 cm³/mol. The van der Waals surface area contributed by atoms with Gasteiger partial charge < -0.3 is 15.1 Å². The summed E-state index contributed by atoms with van der Waals surface area (Å²) >= 11 is 0. The number of likely N-dealkylation sites (tertiary alicyclic amines) is 1. The van der Waals surface area contributed by atoms with Crippen LogP contribution in [0.4, 0.5) is 4.79 Å². The largest absolute Gasteiger partial charge is 0.354 e. The average Bonchev–Trinajstić information content (AvgIpc) is 2.79. The Morgan fingerprint density at radius 2 is 1.60 bits per heavy atom. The molecule has 0 saturated carbocycles. The summed E-state index contributed by atoms with van der Waals surface area (Å²) in [5.41, 5.74) is 1.30. The maximum Gasteiger partial charge on any atom is 0.319 e. The first-order valence-corrected chi connectivity index (χ1v) is 11.6. The summed E-state index contributed by atoms with van der Waals surface area (Å²) in [5, 5.41) is 3.22. The lowest BCUT2D eigenvalue weighted by Gasteiger charge is -2.35. The van der Waals surface area contributed by atoms with Gasteiger partial charge >= 0.3 is 6.03 Å². The third-order valence-electron chi connectivity index (χ3n) is 6.33. The second-order valence-electron chi connectivity index (χ2n) is 8.03. The fourth-order valence-corrected chi connectivity index (χ4v) is 4.35. The van der Waals surface area contributed by atoms with Crippen molar-refractivity contribution in [1.29, 1.82) is 0 Å². The zero-order valence-corrected chi connectivity index (χ0v) is 19.3. The monoisotopic (exact) mass is 416 g/mol. The number of hydrogen-bond acceptors (Lipinski definition) is 3. The molecule has 6 nitrogen and oxygen atoms in total. The van der Waals surface area contributed by atoms with E-state index < -0.39 is 0 Å². The molecule has 1 aliphatic rings. The highest BCUT2D eigenvalue weighted by Crippen LogP contribution is 2.19. The molecule has 1 aromatic rings. The lowest BCUT2D eigenvalue weighted by molar-refractivity contribution is -0.126. The third-order valence-corrected chi connectivity index (χ3v) is 6.33. The Morgan fingerprint density at radius 3 is 2.13 bits per heavy atom. The predicted octanol–water partition coefficient (Wildman–Crippen LogP) is 3.23. The van der Waals surface area contributed by atoms with Gasteiger partial charge in [0.05, 0.1) is 0 Å². The first-order valence-electron chi connectivity index (χ1n) is 11.6. The fraction of sp³-hybridized carbons (Fsp3) is 0.667. The van der Waals surface area contributed by atoms with Crippen LogP contribution in [0.1, 0.15) is 46.1 Å². The minimum Gasteiger partial charge on any atom is -0.354 e. The van der Waals surface area contributed by atoms with Gasteiger partial charge in [-0.15, -0.1) is 0 Å². The number of likely N-dealkylation sites (N-methyl/N-ethyl adjacent to an activating group) is 1. The van der Waals surface area contributed by atoms with Crippen LogP contribution in [0.25, 0.3) is 0 Å². The number of amides is 3. The second kappa shape index (κ2) is 12.6. The zero-order chi connectivity index (χ0) is 21.9. The molecule has 1 aliphatic heterocycles. The van der Waals surface area contributed by atoms with E-state index in [0.29, 0.717) is 19.6 Å². The van der Waals surface area contributed by atoms with Gasteiger partial charge in [-0.25, -0.2) is 4.79 Å². The van der Waals surface area contributed by atoms with Gasteiger partial charge in [0.1, 0.15) is 0 Å². The highest BCUT2D eigenvalue weighted by Gasteiger charge is 2.29. The second-order valence-corrected chi connectivity index (χ2v) is 8.03. The summed E-state index contributed by atoms with van der Waals surface area (Å²) in [6.07, 6.45) is 2.42. The van der Waals surface area contributed by atoms with Crippen molar-refractivity contribution in [3.8, 4) is 0 Å². The molecule has 30 heavy (non-hydrogen) atoms. The first kappa shape index (κ1) is 24.2. The number of nitrogens with one attached hydrogen (secondary N) is 1. The molecule has 1 saturated heterocycles. The molecule has 3 amide bonds. The Bertz CT molecular complexity index is 636. The van der Waals surface area contributed by atoms with E-state index in [1.54, 1.807) is 0 Å². The molecule has 1 aromatic carbocycles. The van der Waals surface area contributed by atoms with Gasteiger partial charge in [-0.1, -0.05) is 44.2 Å². The summed E-state index contributed by atoms with van der Waals surface area (Å²) in [5.74, 6) is 0.134. The van der Waals surface area contributed by atoms with Crippen LogP contribution in [0, 0.1) is 5.92 Å². The van der Waals surface area contributed by atoms with Crippen LogP contribution in [-0.2, 0) is 11.2 Å². The Balaban J connectivity index is 1.87. The van der Waals surface area contributed by atoms with E-state index >= 15 is 0 Å². The number of carbonyl (C=O) groups is 2. The number of hydrogen-bond donors (Lipinski definition) is 1. The number of nitrogens with zero attached hydrogens (tertiary/aromatic N) is 3. The molecule has 1 N–H and O–H groups in total. The summed E-state index contributed by atoms with van der Waals surface area (Å²) in [4.78, 5) is 31.5. The Kier molecular flexibility index (Phi) is 10.1. The minimum atomic E-state index is -0.000156. The van der Waals surface area contributed by atoms with Gasteiger partial charge in [0.2, 0.25) is 5.91 Å². The van der Waals surface area contributed by atoms with Crippen molar-refractivity contribution in [2.45, 2.75) is 53.0 Å². The molecule has 0 aliphatic carbocycles. The Labute approximate surface area is 182 Å². The van der Waals surface area contributed by atoms with Gasteiger partial charge in [0.15, 0.2) is 0 Å². The van der Waals surface area contributed by atoms with Gasteiger partial charge in [-0.05, 0) is 51.8 Å². The summed E-state index contributed by atoms with van der Waals surface area (Å²) in [6, 6.07) is 10.9. The molecule has 0 aromatic heterocycles. The summed E-state index contributed by atoms with van der Waals surface area (Å²) < 4.78 is 0. The topological polar surface area (TPSA) is 55.9 Å². The smallest absolute Gasteiger partial charge is 0.319 e. The number of carbonyl (C=O) groups excluding carboxylic acids is 2. The van der Waals surface area contributed by atoms with E-state index in [0.717, 1.165) is 45.4 Å². The molecule has 168 valence electrons. The van der Waals surface area contributed by atoms with Crippen molar-refractivity contribution in [3.05, 3.63) is 35.9 Å². The van der Waals surface area contributed by atoms with Crippen molar-refractivity contribution in [2.24, 2.45) is 5.92 Å². The van der Waals surface area contributed by atoms with Gasteiger partial charge in [0.25, 0.3) is 0 Å². The van der Waals surface area contributed by atoms with Crippen LogP contribution in [0.15, 0.2) is 30.3 Å². The van der Waals surface area contributed by atoms with E-state index in [9.17, 15) is 9.59 Å². The van der Waals surface area contributed by atoms with Crippen LogP contribution >= 0.6 is 0 Å². The maximum atomic E-state index is 12.8. The quantitative estimate of drug-likeness (QED) is 0.637. The highest BCUT2D eigenvalue weighted by atomic mass is 16.2. The minimum absolute atomic E-state index is 0.000156. The number of urea groups is 1. The fourth-order valence-electron chi connectivity index (χ4n) is 4.35. The van der Waals surface area contributed by atoms with Crippen molar-refractivity contribution in [1.82, 2.24) is 20.0 Å². The number of piperidine rings is 1. The van der Waals surface area contributed by atoms with Crippen molar-refractivity contribution >= 4 is 11.9 Å². The van der Waals surface area contributed by atoms with Crippen LogP contribution in [0.5, 0.6) is 0 Å². The number of rotatable bonds is 10. The molecule has 2 rings (SSSR count). The van der Waals surface area contributed by atoms with Crippen molar-refractivity contribution in [3.63, 3.8) is 0 Å². The molecule has 0 bridgehead atoms. The average molecular weight is 417 g/mol. The lowest BCUT2D eigenvalue weighted by Crippen LogP contribution is -2.50. The molecular weight excluding hydrogens is 376 g/mol. The molecule has 1 heterocycles. The summed E-state index contributed by atoms with van der Waals surface area (Å²) in [7, 11) is 0. The van der Waals surface area contributed by atoms with Crippen LogP contribution < -0.4 is 5.32 Å². The molecule has 0 spiro atoms. The molecule has 6 heteroatoms. The van der Waals surface area contributed by atoms with E-state index in [1.807, 2.05) is 29.7 Å². The van der Waals surface area contributed by atoms with Crippen LogP contribution in [0.2, 0.25) is 0 Å². The molecule has 0 radical (unpaired) electrons. The first-order chi connectivity index (χ1) is 14.5. The van der Waals surface area contributed by atoms with Crippen molar-refractivity contribution < 1.29 is 9.59 Å².